The predicted octanol–water partition coefficient (Wildman–Crippen LogP) is 3.51. The van der Waals surface area contributed by atoms with E-state index < -0.39 is 0 Å². The first-order valence-electron chi connectivity index (χ1n) is 7.08. The molecule has 2 amide bonds. The van der Waals surface area contributed by atoms with Crippen molar-refractivity contribution < 1.29 is 4.79 Å². The lowest BCUT2D eigenvalue weighted by atomic mass is 9.99. The zero-order chi connectivity index (χ0) is 14.7. The average Bonchev–Trinajstić information content (AvgIpc) is 2.85. The van der Waals surface area contributed by atoms with Crippen LogP contribution < -0.4 is 5.32 Å². The lowest BCUT2D eigenvalue weighted by Crippen LogP contribution is -2.29. The summed E-state index contributed by atoms with van der Waals surface area (Å²) in [6, 6.07) is 20.0. The van der Waals surface area contributed by atoms with Crippen LogP contribution in [0.1, 0.15) is 17.2 Å². The standard InChI is InChI=1S/C18H18N2O/c1-2-16-17(15-11-7-4-8-12-15)20(18(21)19-16)13-14-9-5-3-6-10-14/h2-12,16-17H,1,13H2,(H,19,21)/t16-,17+/m0/s1. The van der Waals surface area contributed by atoms with Gasteiger partial charge in [-0.15, -0.1) is 6.58 Å². The number of hydrogen-bond acceptors (Lipinski definition) is 1. The molecule has 0 aromatic heterocycles. The molecule has 2 atom stereocenters. The molecule has 0 bridgehead atoms. The molecule has 1 heterocycles. The van der Waals surface area contributed by atoms with E-state index in [9.17, 15) is 4.79 Å². The number of nitrogens with zero attached hydrogens (tertiary/aromatic N) is 1. The monoisotopic (exact) mass is 278 g/mol. The lowest BCUT2D eigenvalue weighted by molar-refractivity contribution is 0.200. The number of benzene rings is 2. The van der Waals surface area contributed by atoms with E-state index >= 15 is 0 Å². The van der Waals surface area contributed by atoms with Gasteiger partial charge in [0, 0.05) is 6.54 Å². The van der Waals surface area contributed by atoms with Gasteiger partial charge in [-0.3, -0.25) is 0 Å². The first-order chi connectivity index (χ1) is 10.3. The average molecular weight is 278 g/mol. The zero-order valence-electron chi connectivity index (χ0n) is 11.8. The third kappa shape index (κ3) is 2.68. The SMILES string of the molecule is C=C[C@@H]1NC(=O)N(Cc2ccccc2)[C@@H]1c1ccccc1. The Balaban J connectivity index is 1.92. The van der Waals surface area contributed by atoms with Gasteiger partial charge in [-0.1, -0.05) is 66.7 Å². The van der Waals surface area contributed by atoms with Crippen LogP contribution in [0.25, 0.3) is 0 Å². The smallest absolute Gasteiger partial charge is 0.318 e. The second kappa shape index (κ2) is 5.83. The molecule has 2 aromatic rings. The minimum Gasteiger partial charge on any atom is -0.329 e. The highest BCUT2D eigenvalue weighted by Gasteiger charge is 2.38. The van der Waals surface area contributed by atoms with E-state index in [1.165, 1.54) is 0 Å². The van der Waals surface area contributed by atoms with Crippen LogP contribution in [0.4, 0.5) is 4.79 Å². The summed E-state index contributed by atoms with van der Waals surface area (Å²) in [6.45, 7) is 4.45. The van der Waals surface area contributed by atoms with E-state index in [-0.39, 0.29) is 18.1 Å². The van der Waals surface area contributed by atoms with Crippen molar-refractivity contribution in [3.8, 4) is 0 Å². The summed E-state index contributed by atoms with van der Waals surface area (Å²) in [7, 11) is 0. The van der Waals surface area contributed by atoms with Gasteiger partial charge in [-0.2, -0.15) is 0 Å². The minimum absolute atomic E-state index is 0.0172. The quantitative estimate of drug-likeness (QED) is 0.853. The first kappa shape index (κ1) is 13.4. The molecule has 2 aromatic carbocycles. The third-order valence-corrected chi connectivity index (χ3v) is 3.82. The third-order valence-electron chi connectivity index (χ3n) is 3.82. The summed E-state index contributed by atoms with van der Waals surface area (Å²) in [5.74, 6) is 0. The van der Waals surface area contributed by atoms with Crippen LogP contribution in [0, 0.1) is 0 Å². The fourth-order valence-corrected chi connectivity index (χ4v) is 2.80. The Morgan fingerprint density at radius 2 is 1.67 bits per heavy atom. The molecule has 0 aliphatic carbocycles. The maximum atomic E-state index is 12.3. The molecule has 0 unspecified atom stereocenters. The molecule has 0 spiro atoms. The van der Waals surface area contributed by atoms with Gasteiger partial charge < -0.3 is 10.2 Å². The largest absolute Gasteiger partial charge is 0.329 e. The number of carbonyl (C=O) groups excluding carboxylic acids is 1. The summed E-state index contributed by atoms with van der Waals surface area (Å²) in [5.41, 5.74) is 2.25. The molecule has 3 heteroatoms. The van der Waals surface area contributed by atoms with Crippen molar-refractivity contribution in [2.75, 3.05) is 0 Å². The van der Waals surface area contributed by atoms with Crippen LogP contribution in [-0.2, 0) is 6.54 Å². The van der Waals surface area contributed by atoms with E-state index in [1.807, 2.05) is 53.4 Å². The Kier molecular flexibility index (Phi) is 3.73. The predicted molar refractivity (Wildman–Crippen MR) is 83.7 cm³/mol. The Morgan fingerprint density at radius 3 is 2.29 bits per heavy atom. The molecular weight excluding hydrogens is 260 g/mol. The van der Waals surface area contributed by atoms with Gasteiger partial charge in [0.2, 0.25) is 0 Å². The molecule has 1 fully saturated rings. The summed E-state index contributed by atoms with van der Waals surface area (Å²) in [6.07, 6.45) is 1.81. The number of nitrogens with one attached hydrogen (secondary N) is 1. The van der Waals surface area contributed by atoms with Gasteiger partial charge in [-0.05, 0) is 11.1 Å². The number of rotatable bonds is 4. The number of hydrogen-bond donors (Lipinski definition) is 1. The molecule has 1 aliphatic heterocycles. The van der Waals surface area contributed by atoms with Crippen LogP contribution in [0.2, 0.25) is 0 Å². The van der Waals surface area contributed by atoms with Gasteiger partial charge >= 0.3 is 6.03 Å². The van der Waals surface area contributed by atoms with Crippen molar-refractivity contribution in [2.45, 2.75) is 18.6 Å². The highest BCUT2D eigenvalue weighted by Crippen LogP contribution is 2.31. The van der Waals surface area contributed by atoms with Crippen molar-refractivity contribution in [1.82, 2.24) is 10.2 Å². The molecule has 21 heavy (non-hydrogen) atoms. The summed E-state index contributed by atoms with van der Waals surface area (Å²) >= 11 is 0. The molecule has 0 saturated carbocycles. The Bertz CT molecular complexity index is 624. The van der Waals surface area contributed by atoms with E-state index in [0.29, 0.717) is 6.54 Å². The summed E-state index contributed by atoms with van der Waals surface area (Å²) < 4.78 is 0. The van der Waals surface area contributed by atoms with Crippen molar-refractivity contribution in [1.29, 1.82) is 0 Å². The van der Waals surface area contributed by atoms with E-state index in [0.717, 1.165) is 11.1 Å². The van der Waals surface area contributed by atoms with E-state index in [2.05, 4.69) is 24.0 Å². The van der Waals surface area contributed by atoms with Gasteiger partial charge in [0.1, 0.15) is 0 Å². The second-order valence-corrected chi connectivity index (χ2v) is 5.18. The number of amides is 2. The topological polar surface area (TPSA) is 32.3 Å². The highest BCUT2D eigenvalue weighted by molar-refractivity contribution is 5.78. The Labute approximate surface area is 124 Å². The van der Waals surface area contributed by atoms with Crippen molar-refractivity contribution in [2.24, 2.45) is 0 Å². The van der Waals surface area contributed by atoms with Gasteiger partial charge in [-0.25, -0.2) is 4.79 Å². The first-order valence-corrected chi connectivity index (χ1v) is 7.08. The van der Waals surface area contributed by atoms with Crippen LogP contribution in [0.3, 0.4) is 0 Å². The minimum atomic E-state index is -0.0661. The summed E-state index contributed by atoms with van der Waals surface area (Å²) in [4.78, 5) is 14.2. The molecular formula is C18H18N2O. The number of carbonyl (C=O) groups is 1. The molecule has 3 rings (SSSR count). The van der Waals surface area contributed by atoms with E-state index in [4.69, 9.17) is 0 Å². The second-order valence-electron chi connectivity index (χ2n) is 5.18. The van der Waals surface area contributed by atoms with Gasteiger partial charge in [0.25, 0.3) is 0 Å². The highest BCUT2D eigenvalue weighted by atomic mass is 16.2. The van der Waals surface area contributed by atoms with Crippen LogP contribution in [0.5, 0.6) is 0 Å². The van der Waals surface area contributed by atoms with Crippen molar-refractivity contribution in [3.05, 3.63) is 84.4 Å². The number of urea groups is 1. The van der Waals surface area contributed by atoms with Crippen LogP contribution in [0.15, 0.2) is 73.3 Å². The fraction of sp³-hybridized carbons (Fsp3) is 0.167. The molecule has 1 saturated heterocycles. The van der Waals surface area contributed by atoms with Crippen LogP contribution in [-0.4, -0.2) is 17.0 Å². The zero-order valence-corrected chi connectivity index (χ0v) is 11.8. The fourth-order valence-electron chi connectivity index (χ4n) is 2.80. The molecule has 1 aliphatic rings. The van der Waals surface area contributed by atoms with Gasteiger partial charge in [0.05, 0.1) is 12.1 Å². The summed E-state index contributed by atoms with van der Waals surface area (Å²) in [5, 5.41) is 2.99. The van der Waals surface area contributed by atoms with Crippen molar-refractivity contribution >= 4 is 6.03 Å². The normalized spacial score (nSPS) is 21.1. The maximum Gasteiger partial charge on any atom is 0.318 e. The van der Waals surface area contributed by atoms with Crippen molar-refractivity contribution in [3.63, 3.8) is 0 Å². The molecule has 0 radical (unpaired) electrons. The van der Waals surface area contributed by atoms with Crippen LogP contribution >= 0.6 is 0 Å². The Morgan fingerprint density at radius 1 is 1.05 bits per heavy atom. The Hall–Kier alpha value is -2.55. The molecule has 1 N–H and O–H groups in total. The maximum absolute atomic E-state index is 12.3. The molecule has 3 nitrogen and oxygen atoms in total. The lowest BCUT2D eigenvalue weighted by Gasteiger charge is -2.26. The van der Waals surface area contributed by atoms with E-state index in [1.54, 1.807) is 6.08 Å². The molecule has 106 valence electrons. The van der Waals surface area contributed by atoms with Gasteiger partial charge in [0.15, 0.2) is 0 Å².